The number of aliphatic hydroxyl groups excluding tert-OH is 2. The molecule has 0 radical (unpaired) electrons. The molecular weight excluding hydrogens is 246 g/mol. The molecule has 1 rings (SSSR count). The maximum absolute atomic E-state index is 10.8. The summed E-state index contributed by atoms with van der Waals surface area (Å²) in [6.45, 7) is 0. The summed E-state index contributed by atoms with van der Waals surface area (Å²) >= 11 is 5.66. The van der Waals surface area contributed by atoms with E-state index in [1.165, 1.54) is 18.2 Å². The van der Waals surface area contributed by atoms with E-state index < -0.39 is 18.2 Å². The van der Waals surface area contributed by atoms with Crippen molar-refractivity contribution in [2.45, 2.75) is 18.6 Å². The van der Waals surface area contributed by atoms with Crippen LogP contribution in [0.2, 0.25) is 5.02 Å². The summed E-state index contributed by atoms with van der Waals surface area (Å²) in [5.41, 5.74) is 0.0434. The number of carbonyl (C=O) groups is 1. The van der Waals surface area contributed by atoms with Crippen molar-refractivity contribution >= 4 is 17.6 Å². The standard InChI is InChI=1S/C11H10ClNO4/c12-8-2-1-6(5-7(8)11(16)17)10(15)9(14)3-4-13/h1-2,5,9-10,14-15H,3H2,(H,16,17). The van der Waals surface area contributed by atoms with Crippen LogP contribution in [0.1, 0.15) is 28.4 Å². The normalized spacial score (nSPS) is 13.8. The van der Waals surface area contributed by atoms with Crippen molar-refractivity contribution in [3.8, 4) is 6.07 Å². The van der Waals surface area contributed by atoms with Gasteiger partial charge >= 0.3 is 5.97 Å². The number of hydrogen-bond acceptors (Lipinski definition) is 4. The molecule has 5 nitrogen and oxygen atoms in total. The van der Waals surface area contributed by atoms with Crippen LogP contribution in [-0.4, -0.2) is 27.4 Å². The van der Waals surface area contributed by atoms with Crippen molar-refractivity contribution in [1.29, 1.82) is 5.26 Å². The number of hydrogen-bond donors (Lipinski definition) is 3. The number of carboxylic acid groups (broad SMARTS) is 1. The van der Waals surface area contributed by atoms with Gasteiger partial charge in [0.15, 0.2) is 0 Å². The van der Waals surface area contributed by atoms with Crippen molar-refractivity contribution in [3.63, 3.8) is 0 Å². The van der Waals surface area contributed by atoms with Crippen molar-refractivity contribution in [2.75, 3.05) is 0 Å². The highest BCUT2D eigenvalue weighted by molar-refractivity contribution is 6.33. The van der Waals surface area contributed by atoms with Gasteiger partial charge in [0, 0.05) is 0 Å². The van der Waals surface area contributed by atoms with Gasteiger partial charge in [0.1, 0.15) is 6.10 Å². The fraction of sp³-hybridized carbons (Fsp3) is 0.273. The fourth-order valence-corrected chi connectivity index (χ4v) is 1.52. The van der Waals surface area contributed by atoms with Gasteiger partial charge < -0.3 is 15.3 Å². The molecule has 2 unspecified atom stereocenters. The molecule has 0 saturated carbocycles. The third kappa shape index (κ3) is 3.17. The van der Waals surface area contributed by atoms with Gasteiger partial charge in [0.05, 0.1) is 29.2 Å². The highest BCUT2D eigenvalue weighted by Crippen LogP contribution is 2.24. The lowest BCUT2D eigenvalue weighted by Crippen LogP contribution is -2.18. The Hall–Kier alpha value is -1.61. The molecule has 17 heavy (non-hydrogen) atoms. The van der Waals surface area contributed by atoms with E-state index >= 15 is 0 Å². The molecule has 0 aliphatic carbocycles. The summed E-state index contributed by atoms with van der Waals surface area (Å²) in [4.78, 5) is 10.8. The van der Waals surface area contributed by atoms with Gasteiger partial charge in [-0.2, -0.15) is 5.26 Å². The second-order valence-electron chi connectivity index (χ2n) is 3.42. The first-order valence-corrected chi connectivity index (χ1v) is 5.11. The molecule has 3 N–H and O–H groups in total. The number of benzene rings is 1. The van der Waals surface area contributed by atoms with E-state index in [0.717, 1.165) is 0 Å². The largest absolute Gasteiger partial charge is 0.478 e. The highest BCUT2D eigenvalue weighted by Gasteiger charge is 2.20. The van der Waals surface area contributed by atoms with Crippen LogP contribution in [0.4, 0.5) is 0 Å². The zero-order chi connectivity index (χ0) is 13.0. The Labute approximate surface area is 102 Å². The molecule has 90 valence electrons. The van der Waals surface area contributed by atoms with Crippen molar-refractivity contribution < 1.29 is 20.1 Å². The predicted molar refractivity (Wildman–Crippen MR) is 59.6 cm³/mol. The molecular formula is C11H10ClNO4. The van der Waals surface area contributed by atoms with Crippen LogP contribution in [0, 0.1) is 11.3 Å². The SMILES string of the molecule is N#CCC(O)C(O)c1ccc(Cl)c(C(=O)O)c1. The lowest BCUT2D eigenvalue weighted by Gasteiger charge is -2.16. The molecule has 2 atom stereocenters. The second-order valence-corrected chi connectivity index (χ2v) is 3.83. The zero-order valence-corrected chi connectivity index (χ0v) is 9.42. The van der Waals surface area contributed by atoms with Crippen LogP contribution in [0.25, 0.3) is 0 Å². The molecule has 0 aromatic heterocycles. The molecule has 0 aliphatic heterocycles. The average molecular weight is 256 g/mol. The predicted octanol–water partition coefficient (Wildman–Crippen LogP) is 1.35. The monoisotopic (exact) mass is 255 g/mol. The Morgan fingerprint density at radius 2 is 2.12 bits per heavy atom. The molecule has 0 spiro atoms. The topological polar surface area (TPSA) is 102 Å². The van der Waals surface area contributed by atoms with Gasteiger partial charge in [-0.3, -0.25) is 0 Å². The van der Waals surface area contributed by atoms with Crippen LogP contribution in [0.15, 0.2) is 18.2 Å². The van der Waals surface area contributed by atoms with Gasteiger partial charge in [0.25, 0.3) is 0 Å². The zero-order valence-electron chi connectivity index (χ0n) is 8.67. The summed E-state index contributed by atoms with van der Waals surface area (Å²) in [5, 5.41) is 36.4. The number of nitriles is 1. The summed E-state index contributed by atoms with van der Waals surface area (Å²) in [6, 6.07) is 5.62. The van der Waals surface area contributed by atoms with E-state index in [9.17, 15) is 15.0 Å². The van der Waals surface area contributed by atoms with E-state index in [4.69, 9.17) is 22.0 Å². The molecule has 0 amide bonds. The maximum Gasteiger partial charge on any atom is 0.337 e. The molecule has 0 bridgehead atoms. The van der Waals surface area contributed by atoms with Crippen molar-refractivity contribution in [3.05, 3.63) is 34.3 Å². The van der Waals surface area contributed by atoms with Crippen LogP contribution in [0.5, 0.6) is 0 Å². The van der Waals surface area contributed by atoms with E-state index in [-0.39, 0.29) is 22.6 Å². The quantitative estimate of drug-likeness (QED) is 0.754. The molecule has 6 heteroatoms. The summed E-state index contributed by atoms with van der Waals surface area (Å²) in [6.07, 6.45) is -2.82. The summed E-state index contributed by atoms with van der Waals surface area (Å²) in [5.74, 6) is -1.22. The summed E-state index contributed by atoms with van der Waals surface area (Å²) in [7, 11) is 0. The molecule has 0 fully saturated rings. The number of aromatic carboxylic acids is 1. The first kappa shape index (κ1) is 13.5. The van der Waals surface area contributed by atoms with Gasteiger partial charge in [-0.1, -0.05) is 17.7 Å². The fourth-order valence-electron chi connectivity index (χ4n) is 1.32. The van der Waals surface area contributed by atoms with Crippen LogP contribution < -0.4 is 0 Å². The third-order valence-corrected chi connectivity index (χ3v) is 2.56. The minimum absolute atomic E-state index is 0.0447. The first-order chi connectivity index (χ1) is 7.97. The average Bonchev–Trinajstić information content (AvgIpc) is 2.28. The molecule has 0 aliphatic rings. The van der Waals surface area contributed by atoms with E-state index in [1.54, 1.807) is 6.07 Å². The Balaban J connectivity index is 3.04. The minimum atomic E-state index is -1.31. The Kier molecular flexibility index (Phi) is 4.46. The number of rotatable bonds is 4. The summed E-state index contributed by atoms with van der Waals surface area (Å²) < 4.78 is 0. The van der Waals surface area contributed by atoms with Gasteiger partial charge in [-0.15, -0.1) is 0 Å². The van der Waals surface area contributed by atoms with Gasteiger partial charge in [0.2, 0.25) is 0 Å². The Bertz CT molecular complexity index is 469. The van der Waals surface area contributed by atoms with Gasteiger partial charge in [-0.05, 0) is 17.7 Å². The van der Waals surface area contributed by atoms with E-state index in [0.29, 0.717) is 0 Å². The molecule has 0 heterocycles. The first-order valence-electron chi connectivity index (χ1n) is 4.73. The third-order valence-electron chi connectivity index (χ3n) is 2.23. The number of aliphatic hydroxyl groups is 2. The Morgan fingerprint density at radius 1 is 1.47 bits per heavy atom. The molecule has 0 saturated heterocycles. The van der Waals surface area contributed by atoms with Crippen molar-refractivity contribution in [1.82, 2.24) is 0 Å². The highest BCUT2D eigenvalue weighted by atomic mass is 35.5. The molecule has 1 aromatic carbocycles. The van der Waals surface area contributed by atoms with E-state index in [2.05, 4.69) is 0 Å². The van der Waals surface area contributed by atoms with Crippen LogP contribution in [0.3, 0.4) is 0 Å². The number of nitrogens with zero attached hydrogens (tertiary/aromatic N) is 1. The number of carboxylic acids is 1. The van der Waals surface area contributed by atoms with Crippen LogP contribution in [-0.2, 0) is 0 Å². The number of halogens is 1. The minimum Gasteiger partial charge on any atom is -0.478 e. The van der Waals surface area contributed by atoms with Crippen LogP contribution >= 0.6 is 11.6 Å². The molecule has 1 aromatic rings. The Morgan fingerprint density at radius 3 is 2.65 bits per heavy atom. The maximum atomic E-state index is 10.8. The smallest absolute Gasteiger partial charge is 0.337 e. The van der Waals surface area contributed by atoms with E-state index in [1.807, 2.05) is 0 Å². The lowest BCUT2D eigenvalue weighted by molar-refractivity contribution is 0.0215. The lowest BCUT2D eigenvalue weighted by atomic mass is 10.0. The van der Waals surface area contributed by atoms with Gasteiger partial charge in [-0.25, -0.2) is 4.79 Å². The van der Waals surface area contributed by atoms with Crippen molar-refractivity contribution in [2.24, 2.45) is 0 Å². The second kappa shape index (κ2) is 5.64.